The predicted molar refractivity (Wildman–Crippen MR) is 58.3 cm³/mol. The molecular weight excluding hydrogens is 190 g/mol. The van der Waals surface area contributed by atoms with E-state index in [1.54, 1.807) is 0 Å². The smallest absolute Gasteiger partial charge is 0.166 e. The summed E-state index contributed by atoms with van der Waals surface area (Å²) in [4.78, 5) is 11.1. The van der Waals surface area contributed by atoms with Gasteiger partial charge < -0.3 is 9.30 Å². The maximum atomic E-state index is 11.1. The zero-order chi connectivity index (χ0) is 10.8. The molecule has 1 saturated heterocycles. The van der Waals surface area contributed by atoms with Crippen molar-refractivity contribution in [3.05, 3.63) is 23.0 Å². The predicted octanol–water partition coefficient (Wildman–Crippen LogP) is 2.04. The van der Waals surface area contributed by atoms with E-state index in [9.17, 15) is 4.79 Å². The van der Waals surface area contributed by atoms with E-state index in [2.05, 4.69) is 6.07 Å². The van der Waals surface area contributed by atoms with Gasteiger partial charge in [-0.3, -0.25) is 4.79 Å². The van der Waals surface area contributed by atoms with Crippen molar-refractivity contribution in [1.29, 1.82) is 0 Å². The molecule has 0 N–H and O–H groups in total. The molecule has 3 heteroatoms. The van der Waals surface area contributed by atoms with Crippen molar-refractivity contribution >= 4 is 6.29 Å². The Morgan fingerprint density at radius 3 is 2.73 bits per heavy atom. The first kappa shape index (κ1) is 10.4. The van der Waals surface area contributed by atoms with E-state index in [0.29, 0.717) is 5.92 Å². The first-order valence-corrected chi connectivity index (χ1v) is 5.43. The average Bonchev–Trinajstić information content (AvgIpc) is 2.56. The number of rotatable bonds is 2. The summed E-state index contributed by atoms with van der Waals surface area (Å²) in [5.74, 6) is 0.499. The molecule has 0 amide bonds. The minimum Gasteiger partial charge on any atom is -0.381 e. The van der Waals surface area contributed by atoms with Gasteiger partial charge >= 0.3 is 0 Å². The molecule has 2 heterocycles. The highest BCUT2D eigenvalue weighted by atomic mass is 16.5. The Morgan fingerprint density at radius 1 is 1.47 bits per heavy atom. The first-order chi connectivity index (χ1) is 7.24. The molecule has 0 saturated carbocycles. The quantitative estimate of drug-likeness (QED) is 0.695. The van der Waals surface area contributed by atoms with Crippen LogP contribution >= 0.6 is 0 Å². The zero-order valence-electron chi connectivity index (χ0n) is 9.32. The fourth-order valence-electron chi connectivity index (χ4n) is 2.26. The van der Waals surface area contributed by atoms with Gasteiger partial charge in [0, 0.05) is 26.0 Å². The van der Waals surface area contributed by atoms with Crippen molar-refractivity contribution in [2.45, 2.75) is 25.7 Å². The molecule has 1 aromatic heterocycles. The highest BCUT2D eigenvalue weighted by Gasteiger charge is 2.21. The molecule has 3 nitrogen and oxygen atoms in total. The lowest BCUT2D eigenvalue weighted by Gasteiger charge is -2.21. The second-order valence-electron chi connectivity index (χ2n) is 4.19. The van der Waals surface area contributed by atoms with Crippen LogP contribution in [0, 0.1) is 6.92 Å². The molecular formula is C12H17NO2. The van der Waals surface area contributed by atoms with Gasteiger partial charge in [-0.1, -0.05) is 0 Å². The molecule has 15 heavy (non-hydrogen) atoms. The molecule has 1 aliphatic rings. The number of aldehydes is 1. The monoisotopic (exact) mass is 207 g/mol. The van der Waals surface area contributed by atoms with Crippen LogP contribution in [0.15, 0.2) is 6.07 Å². The number of hydrogen-bond acceptors (Lipinski definition) is 2. The van der Waals surface area contributed by atoms with E-state index < -0.39 is 0 Å². The van der Waals surface area contributed by atoms with Gasteiger partial charge in [-0.2, -0.15) is 0 Å². The van der Waals surface area contributed by atoms with Crippen molar-refractivity contribution in [3.63, 3.8) is 0 Å². The van der Waals surface area contributed by atoms with Crippen molar-refractivity contribution in [2.24, 2.45) is 7.05 Å². The van der Waals surface area contributed by atoms with Crippen LogP contribution in [0.1, 0.15) is 40.5 Å². The Hall–Kier alpha value is -1.09. The Kier molecular flexibility index (Phi) is 2.91. The normalized spacial score (nSPS) is 18.0. The molecule has 0 aromatic carbocycles. The van der Waals surface area contributed by atoms with Gasteiger partial charge in [0.15, 0.2) is 6.29 Å². The highest BCUT2D eigenvalue weighted by molar-refractivity contribution is 5.76. The number of carbonyl (C=O) groups is 1. The Balaban J connectivity index is 2.33. The van der Waals surface area contributed by atoms with E-state index >= 15 is 0 Å². The van der Waals surface area contributed by atoms with Crippen LogP contribution in [-0.2, 0) is 11.8 Å². The lowest BCUT2D eigenvalue weighted by atomic mass is 9.92. The van der Waals surface area contributed by atoms with E-state index in [1.807, 2.05) is 18.5 Å². The first-order valence-electron chi connectivity index (χ1n) is 5.43. The summed E-state index contributed by atoms with van der Waals surface area (Å²) in [6.07, 6.45) is 3.03. The second kappa shape index (κ2) is 4.19. The lowest BCUT2D eigenvalue weighted by Crippen LogP contribution is -2.15. The van der Waals surface area contributed by atoms with E-state index in [1.165, 1.54) is 5.56 Å². The van der Waals surface area contributed by atoms with Crippen molar-refractivity contribution in [2.75, 3.05) is 13.2 Å². The van der Waals surface area contributed by atoms with Crippen LogP contribution in [0.4, 0.5) is 0 Å². The third-order valence-corrected chi connectivity index (χ3v) is 3.32. The Morgan fingerprint density at radius 2 is 2.13 bits per heavy atom. The summed E-state index contributed by atoms with van der Waals surface area (Å²) in [6, 6.07) is 2.14. The van der Waals surface area contributed by atoms with Gasteiger partial charge in [0.1, 0.15) is 0 Å². The maximum absolute atomic E-state index is 11.1. The standard InChI is InChI=1S/C12H17NO2/c1-9-7-11(12(8-14)13(9)2)10-3-5-15-6-4-10/h7-8,10H,3-6H2,1-2H3. The van der Waals surface area contributed by atoms with Gasteiger partial charge in [0.05, 0.1) is 5.69 Å². The summed E-state index contributed by atoms with van der Waals surface area (Å²) < 4.78 is 7.31. The molecule has 1 fully saturated rings. The van der Waals surface area contributed by atoms with Gasteiger partial charge in [-0.15, -0.1) is 0 Å². The highest BCUT2D eigenvalue weighted by Crippen LogP contribution is 2.30. The summed E-state index contributed by atoms with van der Waals surface area (Å²) in [7, 11) is 1.95. The minimum atomic E-state index is 0.499. The molecule has 0 unspecified atom stereocenters. The fourth-order valence-corrected chi connectivity index (χ4v) is 2.26. The van der Waals surface area contributed by atoms with Gasteiger partial charge in [0.25, 0.3) is 0 Å². The lowest BCUT2D eigenvalue weighted by molar-refractivity contribution is 0.0849. The molecule has 0 bridgehead atoms. The van der Waals surface area contributed by atoms with Gasteiger partial charge in [-0.25, -0.2) is 0 Å². The number of aryl methyl sites for hydroxylation is 1. The Bertz CT molecular complexity index is 362. The molecule has 0 aliphatic carbocycles. The second-order valence-corrected chi connectivity index (χ2v) is 4.19. The molecule has 82 valence electrons. The molecule has 2 rings (SSSR count). The van der Waals surface area contributed by atoms with E-state index in [4.69, 9.17) is 4.74 Å². The molecule has 0 spiro atoms. The SMILES string of the molecule is Cc1cc(C2CCOCC2)c(C=O)n1C. The topological polar surface area (TPSA) is 31.2 Å². The third kappa shape index (κ3) is 1.84. The van der Waals surface area contributed by atoms with Gasteiger partial charge in [-0.05, 0) is 37.3 Å². The summed E-state index contributed by atoms with van der Waals surface area (Å²) >= 11 is 0. The minimum absolute atomic E-state index is 0.499. The molecule has 1 aromatic rings. The number of ether oxygens (including phenoxy) is 1. The number of aromatic nitrogens is 1. The van der Waals surface area contributed by atoms with Crippen molar-refractivity contribution < 1.29 is 9.53 Å². The number of nitrogens with zero attached hydrogens (tertiary/aromatic N) is 1. The summed E-state index contributed by atoms with van der Waals surface area (Å²) in [6.45, 7) is 3.67. The maximum Gasteiger partial charge on any atom is 0.166 e. The largest absolute Gasteiger partial charge is 0.381 e. The van der Waals surface area contributed by atoms with E-state index in [-0.39, 0.29) is 0 Å². The zero-order valence-corrected chi connectivity index (χ0v) is 9.32. The number of carbonyl (C=O) groups excluding carboxylic acids is 1. The van der Waals surface area contributed by atoms with Crippen LogP contribution in [0.25, 0.3) is 0 Å². The van der Waals surface area contributed by atoms with Crippen LogP contribution in [0.5, 0.6) is 0 Å². The van der Waals surface area contributed by atoms with Crippen LogP contribution < -0.4 is 0 Å². The van der Waals surface area contributed by atoms with Crippen molar-refractivity contribution in [3.8, 4) is 0 Å². The number of hydrogen-bond donors (Lipinski definition) is 0. The molecule has 0 atom stereocenters. The molecule has 0 radical (unpaired) electrons. The van der Waals surface area contributed by atoms with Crippen LogP contribution in [0.2, 0.25) is 0 Å². The molecule has 1 aliphatic heterocycles. The van der Waals surface area contributed by atoms with E-state index in [0.717, 1.165) is 43.7 Å². The summed E-state index contributed by atoms with van der Waals surface area (Å²) in [5.41, 5.74) is 3.19. The van der Waals surface area contributed by atoms with Crippen LogP contribution in [-0.4, -0.2) is 24.1 Å². The van der Waals surface area contributed by atoms with Crippen molar-refractivity contribution in [1.82, 2.24) is 4.57 Å². The fraction of sp³-hybridized carbons (Fsp3) is 0.583. The Labute approximate surface area is 90.0 Å². The third-order valence-electron chi connectivity index (χ3n) is 3.32. The summed E-state index contributed by atoms with van der Waals surface area (Å²) in [5, 5.41) is 0. The average molecular weight is 207 g/mol. The van der Waals surface area contributed by atoms with Gasteiger partial charge in [0.2, 0.25) is 0 Å². The van der Waals surface area contributed by atoms with Crippen LogP contribution in [0.3, 0.4) is 0 Å².